The van der Waals surface area contributed by atoms with Crippen molar-refractivity contribution in [2.24, 2.45) is 0 Å². The maximum absolute atomic E-state index is 12.9. The normalized spacial score (nSPS) is 12.3. The van der Waals surface area contributed by atoms with Gasteiger partial charge in [0.25, 0.3) is 20.3 Å². The molecule has 0 spiro atoms. The van der Waals surface area contributed by atoms with Crippen molar-refractivity contribution in [1.82, 2.24) is 10.2 Å². The largest absolute Gasteiger partial charge is 0.481 e. The van der Waals surface area contributed by atoms with Crippen LogP contribution in [-0.2, 0) is 14.8 Å². The number of nitrogens with one attached hydrogen (secondary N) is 1. The van der Waals surface area contributed by atoms with Crippen LogP contribution in [0.2, 0.25) is 0 Å². The fraction of sp³-hybridized carbons (Fsp3) is 0.250. The molecule has 3 aromatic rings. The number of aryl methyl sites for hydroxylation is 2. The van der Waals surface area contributed by atoms with E-state index in [0.29, 0.717) is 11.4 Å². The van der Waals surface area contributed by atoms with Crippen LogP contribution in [0.1, 0.15) is 18.1 Å². The number of carbonyl (C=O) groups is 1. The first-order valence-corrected chi connectivity index (χ1v) is 11.4. The number of benzene rings is 2. The number of sulfonamides is 1. The zero-order valence-corrected chi connectivity index (χ0v) is 18.6. The Hall–Kier alpha value is -2.98. The van der Waals surface area contributed by atoms with Crippen LogP contribution in [0.25, 0.3) is 0 Å². The van der Waals surface area contributed by atoms with Crippen molar-refractivity contribution in [3.05, 3.63) is 59.7 Å². The monoisotopic (exact) mass is 446 g/mol. The SMILES string of the molecule is Cc1cc(C)cc(N(C)S(=O)(=O)c2nnc(NC(=O)[C@H](C)Oc3ccccc3)s2)c1. The maximum atomic E-state index is 12.9. The van der Waals surface area contributed by atoms with Crippen LogP contribution in [0.3, 0.4) is 0 Å². The Kier molecular flexibility index (Phi) is 6.37. The Morgan fingerprint density at radius 3 is 2.37 bits per heavy atom. The first-order chi connectivity index (χ1) is 14.2. The Balaban J connectivity index is 1.72. The fourth-order valence-electron chi connectivity index (χ4n) is 2.72. The summed E-state index contributed by atoms with van der Waals surface area (Å²) in [6, 6.07) is 14.4. The second kappa shape index (κ2) is 8.80. The Labute approximate surface area is 179 Å². The molecule has 0 saturated heterocycles. The summed E-state index contributed by atoms with van der Waals surface area (Å²) in [7, 11) is -2.46. The lowest BCUT2D eigenvalue weighted by molar-refractivity contribution is -0.122. The minimum atomic E-state index is -3.91. The van der Waals surface area contributed by atoms with Crippen LogP contribution >= 0.6 is 11.3 Å². The molecule has 8 nitrogen and oxygen atoms in total. The zero-order valence-electron chi connectivity index (χ0n) is 17.0. The van der Waals surface area contributed by atoms with Gasteiger partial charge in [-0.2, -0.15) is 8.42 Å². The first kappa shape index (κ1) is 21.7. The minimum Gasteiger partial charge on any atom is -0.481 e. The van der Waals surface area contributed by atoms with Crippen LogP contribution in [0.15, 0.2) is 52.9 Å². The van der Waals surface area contributed by atoms with E-state index in [1.165, 1.54) is 7.05 Å². The van der Waals surface area contributed by atoms with Crippen molar-refractivity contribution in [3.8, 4) is 5.75 Å². The lowest BCUT2D eigenvalue weighted by atomic mass is 10.1. The van der Waals surface area contributed by atoms with Crippen LogP contribution in [-0.4, -0.2) is 37.7 Å². The van der Waals surface area contributed by atoms with Gasteiger partial charge in [0, 0.05) is 7.05 Å². The van der Waals surface area contributed by atoms with Crippen molar-refractivity contribution < 1.29 is 17.9 Å². The molecular weight excluding hydrogens is 424 g/mol. The molecule has 30 heavy (non-hydrogen) atoms. The fourth-order valence-corrected chi connectivity index (χ4v) is 4.95. The van der Waals surface area contributed by atoms with E-state index in [2.05, 4.69) is 15.5 Å². The lowest BCUT2D eigenvalue weighted by Gasteiger charge is -2.18. The predicted octanol–water partition coefficient (Wildman–Crippen LogP) is 3.39. The summed E-state index contributed by atoms with van der Waals surface area (Å²) in [4.78, 5) is 12.3. The third-order valence-corrected chi connectivity index (χ3v) is 7.18. The van der Waals surface area contributed by atoms with Crippen LogP contribution in [0.5, 0.6) is 5.75 Å². The van der Waals surface area contributed by atoms with Gasteiger partial charge in [-0.15, -0.1) is 10.2 Å². The van der Waals surface area contributed by atoms with Crippen LogP contribution < -0.4 is 14.4 Å². The Bertz CT molecular complexity index is 1130. The number of carbonyl (C=O) groups excluding carboxylic acids is 1. The Morgan fingerprint density at radius 2 is 1.73 bits per heavy atom. The highest BCUT2D eigenvalue weighted by atomic mass is 32.2. The van der Waals surface area contributed by atoms with E-state index in [-0.39, 0.29) is 9.47 Å². The van der Waals surface area contributed by atoms with Gasteiger partial charge in [-0.05, 0) is 56.2 Å². The molecule has 0 bridgehead atoms. The maximum Gasteiger partial charge on any atom is 0.293 e. The van der Waals surface area contributed by atoms with Gasteiger partial charge in [0.05, 0.1) is 5.69 Å². The first-order valence-electron chi connectivity index (χ1n) is 9.10. The van der Waals surface area contributed by atoms with Gasteiger partial charge < -0.3 is 4.74 Å². The van der Waals surface area contributed by atoms with Crippen molar-refractivity contribution in [3.63, 3.8) is 0 Å². The molecule has 0 saturated carbocycles. The summed E-state index contributed by atoms with van der Waals surface area (Å²) < 4.78 is 32.4. The summed E-state index contributed by atoms with van der Waals surface area (Å²) >= 11 is 0.784. The third-order valence-electron chi connectivity index (χ3n) is 4.21. The second-order valence-electron chi connectivity index (χ2n) is 6.75. The van der Waals surface area contributed by atoms with Gasteiger partial charge in [-0.25, -0.2) is 0 Å². The van der Waals surface area contributed by atoms with Gasteiger partial charge in [-0.1, -0.05) is 35.6 Å². The zero-order chi connectivity index (χ0) is 21.9. The van der Waals surface area contributed by atoms with E-state index in [4.69, 9.17) is 4.74 Å². The van der Waals surface area contributed by atoms with E-state index in [9.17, 15) is 13.2 Å². The van der Waals surface area contributed by atoms with Crippen LogP contribution in [0.4, 0.5) is 10.8 Å². The van der Waals surface area contributed by atoms with E-state index in [0.717, 1.165) is 26.8 Å². The van der Waals surface area contributed by atoms with Crippen molar-refractivity contribution in [2.45, 2.75) is 31.2 Å². The number of anilines is 2. The van der Waals surface area contributed by atoms with E-state index < -0.39 is 22.0 Å². The second-order valence-corrected chi connectivity index (χ2v) is 9.87. The molecular formula is C20H22N4O4S2. The molecule has 1 heterocycles. The molecule has 1 aromatic heterocycles. The van der Waals surface area contributed by atoms with E-state index >= 15 is 0 Å². The van der Waals surface area contributed by atoms with Crippen molar-refractivity contribution in [2.75, 3.05) is 16.7 Å². The topological polar surface area (TPSA) is 101 Å². The van der Waals surface area contributed by atoms with Gasteiger partial charge in [0.2, 0.25) is 5.13 Å². The summed E-state index contributed by atoms with van der Waals surface area (Å²) in [6.07, 6.45) is -0.797. The number of hydrogen-bond donors (Lipinski definition) is 1. The number of aromatic nitrogens is 2. The summed E-state index contributed by atoms with van der Waals surface area (Å²) in [5, 5.41) is 10.2. The molecule has 1 amide bonds. The van der Waals surface area contributed by atoms with E-state index in [1.807, 2.05) is 26.0 Å². The molecule has 0 aliphatic heterocycles. The highest BCUT2D eigenvalue weighted by Gasteiger charge is 2.27. The molecule has 0 aliphatic rings. The van der Waals surface area contributed by atoms with Gasteiger partial charge in [0.1, 0.15) is 5.75 Å². The van der Waals surface area contributed by atoms with Crippen LogP contribution in [0, 0.1) is 13.8 Å². The lowest BCUT2D eigenvalue weighted by Crippen LogP contribution is -2.30. The molecule has 158 valence electrons. The molecule has 0 unspecified atom stereocenters. The molecule has 0 aliphatic carbocycles. The average Bonchev–Trinajstić information content (AvgIpc) is 3.16. The number of para-hydroxylation sites is 1. The molecule has 2 aromatic carbocycles. The van der Waals surface area contributed by atoms with Gasteiger partial charge in [-0.3, -0.25) is 14.4 Å². The predicted molar refractivity (Wildman–Crippen MR) is 117 cm³/mol. The summed E-state index contributed by atoms with van der Waals surface area (Å²) in [6.45, 7) is 5.39. The molecule has 0 radical (unpaired) electrons. The van der Waals surface area contributed by atoms with E-state index in [1.54, 1.807) is 43.3 Å². The highest BCUT2D eigenvalue weighted by molar-refractivity contribution is 7.94. The molecule has 3 rings (SSSR count). The summed E-state index contributed by atoms with van der Waals surface area (Å²) in [5.41, 5.74) is 2.42. The average molecular weight is 447 g/mol. The standard InChI is InChI=1S/C20H22N4O4S2/c1-13-10-14(2)12-16(11-13)24(4)30(26,27)20-23-22-19(29-20)21-18(25)15(3)28-17-8-6-5-7-9-17/h5-12,15H,1-4H3,(H,21,22,25)/t15-/m0/s1. The van der Waals surface area contributed by atoms with Gasteiger partial charge >= 0.3 is 0 Å². The molecule has 1 atom stereocenters. The number of rotatable bonds is 7. The Morgan fingerprint density at radius 1 is 1.10 bits per heavy atom. The quantitative estimate of drug-likeness (QED) is 0.558. The number of hydrogen-bond acceptors (Lipinski definition) is 7. The third kappa shape index (κ3) is 4.95. The smallest absolute Gasteiger partial charge is 0.293 e. The molecule has 1 N–H and O–H groups in total. The molecule has 10 heteroatoms. The van der Waals surface area contributed by atoms with Crippen molar-refractivity contribution in [1.29, 1.82) is 0 Å². The van der Waals surface area contributed by atoms with Crippen molar-refractivity contribution >= 4 is 38.1 Å². The molecule has 0 fully saturated rings. The number of amides is 1. The van der Waals surface area contributed by atoms with Gasteiger partial charge in [0.15, 0.2) is 6.10 Å². The minimum absolute atomic E-state index is 0.0795. The summed E-state index contributed by atoms with van der Waals surface area (Å²) in [5.74, 6) is 0.0948. The number of nitrogens with zero attached hydrogens (tertiary/aromatic N) is 3. The number of ether oxygens (including phenoxy) is 1. The highest BCUT2D eigenvalue weighted by Crippen LogP contribution is 2.27.